The summed E-state index contributed by atoms with van der Waals surface area (Å²) < 4.78 is 0. The Balaban J connectivity index is -0.00000000534. The molecule has 0 rings (SSSR count). The van der Waals surface area contributed by atoms with Gasteiger partial charge in [-0.05, 0) is 0 Å². The van der Waals surface area contributed by atoms with Crippen LogP contribution in [0.4, 0.5) is 0 Å². The van der Waals surface area contributed by atoms with E-state index in [9.17, 15) is 0 Å². The molecule has 658 valence electrons. The van der Waals surface area contributed by atoms with Gasteiger partial charge in [0.2, 0.25) is 0 Å². The van der Waals surface area contributed by atoms with E-state index in [1.165, 1.54) is 0 Å². The Hall–Kier alpha value is 0. The molecule has 0 aromatic rings. The molecule has 0 heterocycles. The maximum absolute atomic E-state index is 2.00. The molecule has 0 aromatic heterocycles. The first-order valence-electron chi connectivity index (χ1n) is 47.0. The Bertz CT molecular complexity index is 0. The zero-order valence-electron chi connectivity index (χ0n) is 94.0. The highest BCUT2D eigenvalue weighted by molar-refractivity contribution is 3.59. The normalized spacial score (nSPS) is 3.00. The van der Waals surface area contributed by atoms with Crippen molar-refractivity contribution < 1.29 is 0 Å². The van der Waals surface area contributed by atoms with Gasteiger partial charge in [0.1, 0.15) is 0 Å². The summed E-state index contributed by atoms with van der Waals surface area (Å²) in [5.41, 5.74) is 0. The fraction of sp³-hybridized carbons (Fsp3) is 1.00. The summed E-state index contributed by atoms with van der Waals surface area (Å²) in [5.74, 6) is 0. The molecule has 0 unspecified atom stereocenters. The molecule has 0 radical (unpaired) electrons. The Labute approximate surface area is 647 Å². The summed E-state index contributed by atoms with van der Waals surface area (Å²) in [6, 6.07) is 0. The third-order valence-electron chi connectivity index (χ3n) is 0. The van der Waals surface area contributed by atoms with Crippen LogP contribution in [0.25, 0.3) is 0 Å². The first-order valence-corrected chi connectivity index (χ1v) is 47.0. The van der Waals surface area contributed by atoms with E-state index in [1.807, 2.05) is 651 Å². The second kappa shape index (κ2) is 0. The molecule has 0 aromatic carbocycles. The first-order chi connectivity index (χ1) is 47.0. The van der Waals surface area contributed by atoms with Gasteiger partial charge in [0.25, 0.3) is 0 Å². The van der Waals surface area contributed by atoms with Gasteiger partial charge in [0, 0.05) is 0 Å². The molecule has 0 aliphatic carbocycles. The van der Waals surface area contributed by atoms with E-state index in [1.54, 1.807) is 0 Å². The van der Waals surface area contributed by atoms with Gasteiger partial charge in [-0.25, -0.2) is 0 Å². The van der Waals surface area contributed by atoms with E-state index >= 15 is 0 Å². The van der Waals surface area contributed by atoms with Crippen LogP contribution in [0.2, 0.25) is 0 Å². The molecule has 0 saturated carbocycles. The van der Waals surface area contributed by atoms with E-state index in [2.05, 4.69) is 0 Å². The highest BCUT2D eigenvalue weighted by Crippen LogP contribution is 1.24. The number of rotatable bonds is 0. The van der Waals surface area contributed by atoms with Crippen LogP contribution in [0.15, 0.2) is 0 Å². The topological polar surface area (TPSA) is 0 Å². The largest absolute Gasteiger partial charge is 0.0683 e. The van der Waals surface area contributed by atoms with Crippen molar-refractivity contribution in [3.8, 4) is 0 Å². The molecule has 0 atom stereocenters. The fourth-order valence-corrected chi connectivity index (χ4v) is 0. The van der Waals surface area contributed by atoms with Crippen LogP contribution in [0, 0.1) is 0 Å². The number of hydrogen-bond acceptors (Lipinski definition) is 0. The fourth-order valence-electron chi connectivity index (χ4n) is 0. The Kier molecular flexibility index (Phi) is 0. The predicted octanol–water partition coefficient (Wildman–Crippen LogP) is 48.2. The van der Waals surface area contributed by atoms with Crippen molar-refractivity contribution in [1.29, 1.82) is 0 Å². The second-order valence-corrected chi connectivity index (χ2v) is 0. The van der Waals surface area contributed by atoms with Crippen LogP contribution < -0.4 is 0 Å². The second-order valence-electron chi connectivity index (χ2n) is 0. The van der Waals surface area contributed by atoms with Crippen molar-refractivity contribution in [2.75, 3.05) is 0 Å². The molecule has 0 aliphatic heterocycles. The summed E-state index contributed by atoms with van der Waals surface area (Å²) >= 11 is 0. The van der Waals surface area contributed by atoms with Gasteiger partial charge in [-0.2, -0.15) is 0 Å². The van der Waals surface area contributed by atoms with Crippen LogP contribution >= 0.6 is 0 Å². The highest BCUT2D eigenvalue weighted by Gasteiger charge is 1.02. The summed E-state index contributed by atoms with van der Waals surface area (Å²) in [6.07, 6.45) is 0. The van der Waals surface area contributed by atoms with Crippen LogP contribution in [0.1, 0.15) is 651 Å². The summed E-state index contributed by atoms with van der Waals surface area (Å²) in [6.45, 7) is 188. The SMILES string of the molecule is CC.CC.CC.CC.CC.CC.CC.CC.CC.CC.CC.CC.CC.CC.CC.CC.CC.CC.CC.CC.CC.CC.CC.CC.CC.CC.CC.CC.CC.CC.CC.CC.CC.CC.CC.CC.CC.CC.CC.CC.CC.CC.CC.CC.CC.CC.CC. The minimum Gasteiger partial charge on any atom is -0.0683 e. The minimum atomic E-state index is 2.00. The maximum atomic E-state index is 2.00. The van der Waals surface area contributed by atoms with E-state index < -0.39 is 0 Å². The smallest absolute Gasteiger partial charge is 0.0683 e. The Morgan fingerprint density at radius 2 is 0.0213 bits per heavy atom. The molecule has 0 saturated heterocycles. The lowest BCUT2D eigenvalue weighted by atomic mass is 11.0. The molecule has 0 heteroatoms. The lowest BCUT2D eigenvalue weighted by Crippen LogP contribution is -0.856. The van der Waals surface area contributed by atoms with Crippen molar-refractivity contribution in [2.24, 2.45) is 0 Å². The number of hydrogen-bond donors (Lipinski definition) is 0. The van der Waals surface area contributed by atoms with Crippen LogP contribution in [-0.2, 0) is 0 Å². The zero-order valence-corrected chi connectivity index (χ0v) is 94.0. The van der Waals surface area contributed by atoms with Crippen molar-refractivity contribution >= 4 is 0 Å². The van der Waals surface area contributed by atoms with Gasteiger partial charge in [-0.15, -0.1) is 0 Å². The molecule has 94 heavy (non-hydrogen) atoms. The third kappa shape index (κ3) is 0. The van der Waals surface area contributed by atoms with Gasteiger partial charge in [0.15, 0.2) is 0 Å². The van der Waals surface area contributed by atoms with Gasteiger partial charge in [-0.3, -0.25) is 0 Å². The molecular formula is C94H282. The molecule has 0 amide bonds. The molecule has 0 N–H and O–H groups in total. The molecule has 0 spiro atoms. The van der Waals surface area contributed by atoms with E-state index in [4.69, 9.17) is 0 Å². The monoisotopic (exact) mass is 1410 g/mol. The Morgan fingerprint density at radius 3 is 0.0213 bits per heavy atom. The minimum absolute atomic E-state index is 2.00. The van der Waals surface area contributed by atoms with E-state index in [-0.39, 0.29) is 0 Å². The quantitative estimate of drug-likeness (QED) is 0.227. The molecule has 0 aliphatic rings. The van der Waals surface area contributed by atoms with Gasteiger partial charge >= 0.3 is 0 Å². The van der Waals surface area contributed by atoms with Crippen molar-refractivity contribution in [3.05, 3.63) is 0 Å². The predicted molar refractivity (Wildman–Crippen MR) is 533 cm³/mol. The van der Waals surface area contributed by atoms with E-state index in [0.717, 1.165) is 0 Å². The van der Waals surface area contributed by atoms with Gasteiger partial charge in [-0.1, -0.05) is 651 Å². The van der Waals surface area contributed by atoms with Gasteiger partial charge < -0.3 is 0 Å². The lowest BCUT2D eigenvalue weighted by Gasteiger charge is -1.07. The first kappa shape index (κ1) is 368. The summed E-state index contributed by atoms with van der Waals surface area (Å²) in [7, 11) is 0. The third-order valence-corrected chi connectivity index (χ3v) is 0. The van der Waals surface area contributed by atoms with Crippen LogP contribution in [-0.4, -0.2) is 0 Å². The van der Waals surface area contributed by atoms with Crippen molar-refractivity contribution in [2.45, 2.75) is 651 Å². The van der Waals surface area contributed by atoms with E-state index in [0.29, 0.717) is 0 Å². The maximum Gasteiger partial charge on any atom is -0.0683 e. The molecule has 0 bridgehead atoms. The Morgan fingerprint density at radius 1 is 0.0213 bits per heavy atom. The van der Waals surface area contributed by atoms with Crippen LogP contribution in [0.5, 0.6) is 0 Å². The molecule has 0 fully saturated rings. The standard InChI is InChI=1S/47C2H6/c47*1-2/h47*1-2H3. The molecular weight excluding hydrogens is 1130 g/mol. The van der Waals surface area contributed by atoms with Crippen LogP contribution in [0.3, 0.4) is 0 Å². The summed E-state index contributed by atoms with van der Waals surface area (Å²) in [4.78, 5) is 0. The zero-order chi connectivity index (χ0) is 94.0. The average Bonchev–Trinajstić information content (AvgIpc) is 3.82. The van der Waals surface area contributed by atoms with Crippen molar-refractivity contribution in [3.63, 3.8) is 0 Å². The highest BCUT2D eigenvalue weighted by atomic mass is 13.1. The van der Waals surface area contributed by atoms with Gasteiger partial charge in [0.05, 0.1) is 0 Å². The average molecular weight is 1410 g/mol. The summed E-state index contributed by atoms with van der Waals surface area (Å²) in [5, 5.41) is 0. The lowest BCUT2D eigenvalue weighted by molar-refractivity contribution is 1.50. The van der Waals surface area contributed by atoms with Crippen molar-refractivity contribution in [1.82, 2.24) is 0 Å². The molecule has 0 nitrogen and oxygen atoms in total.